The number of hydrogen-bond donors (Lipinski definition) is 2. The molecule has 0 saturated heterocycles. The van der Waals surface area contributed by atoms with Gasteiger partial charge in [-0.15, -0.1) is 0 Å². The summed E-state index contributed by atoms with van der Waals surface area (Å²) in [5.41, 5.74) is 1.00. The van der Waals surface area contributed by atoms with Gasteiger partial charge in [-0.2, -0.15) is 0 Å². The Bertz CT molecular complexity index is 1110. The summed E-state index contributed by atoms with van der Waals surface area (Å²) >= 11 is 0. The molecule has 7 nitrogen and oxygen atoms in total. The van der Waals surface area contributed by atoms with Crippen molar-refractivity contribution >= 4 is 20.0 Å². The van der Waals surface area contributed by atoms with E-state index in [4.69, 9.17) is 0 Å². The minimum atomic E-state index is -4.50. The lowest BCUT2D eigenvalue weighted by molar-refractivity contribution is 0.402. The van der Waals surface area contributed by atoms with Gasteiger partial charge in [0.15, 0.2) is 11.5 Å². The molecule has 2 aromatic carbocycles. The van der Waals surface area contributed by atoms with Crippen molar-refractivity contribution in [1.82, 2.24) is 3.71 Å². The summed E-state index contributed by atoms with van der Waals surface area (Å²) in [6, 6.07) is 9.34. The third-order valence-electron chi connectivity index (χ3n) is 5.77. The number of aryl methyl sites for hydroxylation is 1. The van der Waals surface area contributed by atoms with Gasteiger partial charge in [0.05, 0.1) is 9.79 Å². The van der Waals surface area contributed by atoms with Crippen molar-refractivity contribution in [2.75, 3.05) is 6.54 Å². The Morgan fingerprint density at radius 1 is 0.647 bits per heavy atom. The van der Waals surface area contributed by atoms with Crippen molar-refractivity contribution in [3.63, 3.8) is 0 Å². The minimum absolute atomic E-state index is 0.0932. The summed E-state index contributed by atoms with van der Waals surface area (Å²) in [6.45, 7) is 4.02. The number of aromatic hydroxyl groups is 2. The molecular formula is C25H37NO6S2. The molecule has 0 radical (unpaired) electrons. The second kappa shape index (κ2) is 13.1. The molecule has 2 N–H and O–H groups in total. The molecule has 9 heteroatoms. The predicted molar refractivity (Wildman–Crippen MR) is 134 cm³/mol. The van der Waals surface area contributed by atoms with Gasteiger partial charge in [0, 0.05) is 12.6 Å². The highest BCUT2D eigenvalue weighted by molar-refractivity contribution is 8.04. The summed E-state index contributed by atoms with van der Waals surface area (Å²) in [7, 11) is -8.86. The van der Waals surface area contributed by atoms with Crippen LogP contribution in [-0.2, 0) is 26.5 Å². The number of sulfonamides is 2. The van der Waals surface area contributed by atoms with Crippen LogP contribution in [0.25, 0.3) is 0 Å². The Hall–Kier alpha value is -2.10. The number of benzene rings is 2. The summed E-state index contributed by atoms with van der Waals surface area (Å²) in [5, 5.41) is 19.4. The predicted octanol–water partition coefficient (Wildman–Crippen LogP) is 5.57. The summed E-state index contributed by atoms with van der Waals surface area (Å²) in [6.07, 6.45) is 9.18. The van der Waals surface area contributed by atoms with E-state index in [0.717, 1.165) is 75.1 Å². The molecule has 0 fully saturated rings. The molecule has 0 aliphatic carbocycles. The number of nitrogens with zero attached hydrogens (tertiary/aromatic N) is 1. The molecule has 2 aromatic rings. The fraction of sp³-hybridized carbons (Fsp3) is 0.520. The molecule has 0 unspecified atom stereocenters. The largest absolute Gasteiger partial charge is 0.504 e. The van der Waals surface area contributed by atoms with Crippen LogP contribution in [0.4, 0.5) is 0 Å². The Morgan fingerprint density at radius 3 is 1.79 bits per heavy atom. The van der Waals surface area contributed by atoms with E-state index >= 15 is 0 Å². The van der Waals surface area contributed by atoms with Crippen LogP contribution in [0, 0.1) is 0 Å². The Balaban J connectivity index is 2.34. The van der Waals surface area contributed by atoms with Crippen molar-refractivity contribution in [1.29, 1.82) is 0 Å². The van der Waals surface area contributed by atoms with E-state index in [1.165, 1.54) is 12.1 Å². The maximum atomic E-state index is 13.5. The van der Waals surface area contributed by atoms with E-state index < -0.39 is 36.4 Å². The van der Waals surface area contributed by atoms with E-state index in [-0.39, 0.29) is 11.4 Å². The third-order valence-corrected chi connectivity index (χ3v) is 10.1. The van der Waals surface area contributed by atoms with Crippen LogP contribution in [0.15, 0.2) is 52.3 Å². The van der Waals surface area contributed by atoms with Crippen LogP contribution in [0.3, 0.4) is 0 Å². The maximum Gasteiger partial charge on any atom is 0.256 e. The quantitative estimate of drug-likeness (QED) is 0.239. The monoisotopic (exact) mass is 511 g/mol. The smallest absolute Gasteiger partial charge is 0.256 e. The third kappa shape index (κ3) is 7.45. The molecule has 0 bridgehead atoms. The van der Waals surface area contributed by atoms with Gasteiger partial charge in [0.2, 0.25) is 0 Å². The van der Waals surface area contributed by atoms with Crippen molar-refractivity contribution in [2.24, 2.45) is 0 Å². The van der Waals surface area contributed by atoms with Crippen LogP contribution in [0.1, 0.15) is 77.2 Å². The van der Waals surface area contributed by atoms with Crippen LogP contribution >= 0.6 is 0 Å². The van der Waals surface area contributed by atoms with Crippen molar-refractivity contribution in [2.45, 2.75) is 87.8 Å². The zero-order chi connectivity index (χ0) is 25.2. The Morgan fingerprint density at radius 2 is 1.18 bits per heavy atom. The van der Waals surface area contributed by atoms with Crippen molar-refractivity contribution < 1.29 is 27.0 Å². The first kappa shape index (κ1) is 28.1. The fourth-order valence-electron chi connectivity index (χ4n) is 3.70. The molecule has 2 rings (SSSR count). The van der Waals surface area contributed by atoms with E-state index in [1.807, 2.05) is 0 Å². The minimum Gasteiger partial charge on any atom is -0.504 e. The average molecular weight is 512 g/mol. The lowest BCUT2D eigenvalue weighted by atomic mass is 10.1. The molecule has 0 saturated carbocycles. The van der Waals surface area contributed by atoms with E-state index in [2.05, 4.69) is 13.8 Å². The molecule has 0 amide bonds. The molecule has 0 atom stereocenters. The molecule has 0 aliphatic rings. The van der Waals surface area contributed by atoms with Gasteiger partial charge in [0.1, 0.15) is 0 Å². The highest BCUT2D eigenvalue weighted by atomic mass is 32.3. The van der Waals surface area contributed by atoms with Crippen LogP contribution in [-0.4, -0.2) is 37.3 Å². The number of phenolic OH excluding ortho intramolecular Hbond substituents is 2. The fourth-order valence-corrected chi connectivity index (χ4v) is 7.44. The molecule has 34 heavy (non-hydrogen) atoms. The van der Waals surface area contributed by atoms with Gasteiger partial charge < -0.3 is 10.2 Å². The number of unbranched alkanes of at least 4 members (excludes halogenated alkanes) is 7. The first-order valence-corrected chi connectivity index (χ1v) is 14.9. The van der Waals surface area contributed by atoms with Gasteiger partial charge in [0.25, 0.3) is 20.0 Å². The van der Waals surface area contributed by atoms with Gasteiger partial charge in [-0.1, -0.05) is 74.6 Å². The molecule has 0 heterocycles. The number of phenols is 2. The first-order valence-electron chi connectivity index (χ1n) is 12.0. The van der Waals surface area contributed by atoms with Gasteiger partial charge >= 0.3 is 0 Å². The number of hydrogen-bond acceptors (Lipinski definition) is 6. The van der Waals surface area contributed by atoms with Gasteiger partial charge in [-0.3, -0.25) is 0 Å². The summed E-state index contributed by atoms with van der Waals surface area (Å²) in [5.74, 6) is -1.11. The Kier molecular flexibility index (Phi) is 10.9. The zero-order valence-corrected chi connectivity index (χ0v) is 21.7. The van der Waals surface area contributed by atoms with E-state index in [1.54, 1.807) is 12.1 Å². The topological polar surface area (TPSA) is 112 Å². The van der Waals surface area contributed by atoms with Crippen LogP contribution in [0.2, 0.25) is 0 Å². The second-order valence-electron chi connectivity index (χ2n) is 8.53. The SMILES string of the molecule is CCCCCCCCN(S(=O)(=O)c1ccc(CCCCC)cc1)S(=O)(=O)c1ccc(O)c(O)c1. The lowest BCUT2D eigenvalue weighted by Crippen LogP contribution is -2.37. The maximum absolute atomic E-state index is 13.5. The molecule has 0 spiro atoms. The summed E-state index contributed by atoms with van der Waals surface area (Å²) < 4.78 is 54.2. The normalized spacial score (nSPS) is 12.3. The molecule has 0 aromatic heterocycles. The van der Waals surface area contributed by atoms with E-state index in [9.17, 15) is 27.0 Å². The standard InChI is InChI=1S/C25H37NO6S2/c1-3-5-7-8-9-11-19-26(34(31,32)23-17-18-24(27)25(28)20-23)33(29,30)22-15-13-21(14-16-22)12-10-6-4-2/h13-18,20,27-28H,3-12,19H2,1-2H3. The first-order chi connectivity index (χ1) is 16.1. The lowest BCUT2D eigenvalue weighted by Gasteiger charge is -2.22. The van der Waals surface area contributed by atoms with E-state index in [0.29, 0.717) is 16.6 Å². The zero-order valence-electron chi connectivity index (χ0n) is 20.1. The summed E-state index contributed by atoms with van der Waals surface area (Å²) in [4.78, 5) is -0.488. The highest BCUT2D eigenvalue weighted by Gasteiger charge is 2.36. The van der Waals surface area contributed by atoms with Crippen LogP contribution < -0.4 is 0 Å². The number of rotatable bonds is 15. The average Bonchev–Trinajstić information content (AvgIpc) is 2.80. The molecule has 0 aliphatic heterocycles. The highest BCUT2D eigenvalue weighted by Crippen LogP contribution is 2.31. The van der Waals surface area contributed by atoms with Crippen molar-refractivity contribution in [3.05, 3.63) is 48.0 Å². The molecule has 190 valence electrons. The van der Waals surface area contributed by atoms with Crippen molar-refractivity contribution in [3.8, 4) is 11.5 Å². The second-order valence-corrected chi connectivity index (χ2v) is 12.5. The Labute approximate surface area is 204 Å². The molecular weight excluding hydrogens is 474 g/mol. The van der Waals surface area contributed by atoms with Gasteiger partial charge in [-0.25, -0.2) is 16.8 Å². The van der Waals surface area contributed by atoms with Gasteiger partial charge in [-0.05, 0) is 49.1 Å². The van der Waals surface area contributed by atoms with Crippen LogP contribution in [0.5, 0.6) is 11.5 Å².